The molecule has 0 saturated carbocycles. The van der Waals surface area contributed by atoms with Gasteiger partial charge in [-0.1, -0.05) is 18.1 Å². The molecule has 150 valence electrons. The number of aromatic nitrogens is 1. The molecular formula is C20H26N4O4. The Hall–Kier alpha value is -2.87. The van der Waals surface area contributed by atoms with Crippen molar-refractivity contribution in [3.63, 3.8) is 0 Å². The molecule has 1 aromatic carbocycles. The van der Waals surface area contributed by atoms with Crippen molar-refractivity contribution in [2.45, 2.75) is 20.3 Å². The van der Waals surface area contributed by atoms with Crippen molar-refractivity contribution in [1.29, 1.82) is 0 Å². The number of amides is 2. The van der Waals surface area contributed by atoms with E-state index < -0.39 is 0 Å². The van der Waals surface area contributed by atoms with Crippen molar-refractivity contribution >= 4 is 17.6 Å². The third-order valence-corrected chi connectivity index (χ3v) is 4.48. The van der Waals surface area contributed by atoms with E-state index in [1.54, 1.807) is 25.1 Å². The van der Waals surface area contributed by atoms with E-state index in [2.05, 4.69) is 10.5 Å². The second-order valence-electron chi connectivity index (χ2n) is 6.82. The molecule has 2 heterocycles. The molecule has 1 aromatic heterocycles. The molecule has 8 nitrogen and oxygen atoms in total. The molecule has 0 aliphatic carbocycles. The van der Waals surface area contributed by atoms with Gasteiger partial charge in [-0.3, -0.25) is 14.5 Å². The highest BCUT2D eigenvalue weighted by Gasteiger charge is 2.23. The van der Waals surface area contributed by atoms with E-state index in [1.165, 1.54) is 0 Å². The first-order valence-electron chi connectivity index (χ1n) is 9.53. The van der Waals surface area contributed by atoms with Gasteiger partial charge in [0.05, 0.1) is 13.2 Å². The maximum Gasteiger partial charge on any atom is 0.254 e. The number of anilines is 1. The van der Waals surface area contributed by atoms with Crippen LogP contribution in [-0.2, 0) is 4.79 Å². The highest BCUT2D eigenvalue weighted by Crippen LogP contribution is 2.16. The number of piperazine rings is 1. The van der Waals surface area contributed by atoms with Gasteiger partial charge in [0.25, 0.3) is 5.91 Å². The minimum absolute atomic E-state index is 0.0101. The van der Waals surface area contributed by atoms with Crippen LogP contribution >= 0.6 is 0 Å². The van der Waals surface area contributed by atoms with Gasteiger partial charge in [0.15, 0.2) is 5.82 Å². The van der Waals surface area contributed by atoms with Crippen LogP contribution in [0.15, 0.2) is 34.9 Å². The van der Waals surface area contributed by atoms with Crippen molar-refractivity contribution < 1.29 is 18.8 Å². The zero-order valence-corrected chi connectivity index (χ0v) is 16.3. The number of hydrogen-bond donors (Lipinski definition) is 1. The molecule has 0 radical (unpaired) electrons. The van der Waals surface area contributed by atoms with Crippen molar-refractivity contribution in [3.8, 4) is 5.75 Å². The average molecular weight is 386 g/mol. The van der Waals surface area contributed by atoms with E-state index in [4.69, 9.17) is 9.26 Å². The van der Waals surface area contributed by atoms with Gasteiger partial charge < -0.3 is 19.5 Å². The molecule has 3 rings (SSSR count). The first-order chi connectivity index (χ1) is 13.5. The minimum atomic E-state index is -0.145. The van der Waals surface area contributed by atoms with Gasteiger partial charge in [-0.2, -0.15) is 0 Å². The third-order valence-electron chi connectivity index (χ3n) is 4.48. The summed E-state index contributed by atoms with van der Waals surface area (Å²) in [5, 5.41) is 6.47. The third kappa shape index (κ3) is 5.32. The van der Waals surface area contributed by atoms with Gasteiger partial charge in [-0.05, 0) is 31.5 Å². The lowest BCUT2D eigenvalue weighted by Gasteiger charge is -2.34. The standard InChI is InChI=1S/C20H26N4O4/c1-3-11-27-17-6-4-5-16(13-17)20(26)24-9-7-23(8-10-24)14-19(25)21-18-12-15(2)28-22-18/h4-6,12-13H,3,7-11,14H2,1-2H3,(H,21,22,25). The normalized spacial score (nSPS) is 14.7. The number of rotatable bonds is 7. The van der Waals surface area contributed by atoms with Crippen molar-refractivity contribution in [2.24, 2.45) is 0 Å². The van der Waals surface area contributed by atoms with Crippen LogP contribution in [0.5, 0.6) is 5.75 Å². The summed E-state index contributed by atoms with van der Waals surface area (Å²) in [5.41, 5.74) is 0.626. The van der Waals surface area contributed by atoms with Crippen molar-refractivity contribution in [2.75, 3.05) is 44.6 Å². The van der Waals surface area contributed by atoms with E-state index in [1.807, 2.05) is 28.9 Å². The number of hydrogen-bond acceptors (Lipinski definition) is 6. The van der Waals surface area contributed by atoms with Crippen LogP contribution in [0.4, 0.5) is 5.82 Å². The lowest BCUT2D eigenvalue weighted by molar-refractivity contribution is -0.117. The maximum absolute atomic E-state index is 12.8. The first kappa shape index (κ1) is 19.9. The predicted molar refractivity (Wildman–Crippen MR) is 104 cm³/mol. The van der Waals surface area contributed by atoms with Gasteiger partial charge in [0, 0.05) is 37.8 Å². The molecule has 0 bridgehead atoms. The molecule has 1 saturated heterocycles. The van der Waals surface area contributed by atoms with Crippen molar-refractivity contribution in [1.82, 2.24) is 15.0 Å². The number of ether oxygens (including phenoxy) is 1. The van der Waals surface area contributed by atoms with E-state index in [9.17, 15) is 9.59 Å². The smallest absolute Gasteiger partial charge is 0.254 e. The summed E-state index contributed by atoms with van der Waals surface area (Å²) in [5.74, 6) is 1.62. The number of carbonyl (C=O) groups is 2. The van der Waals surface area contributed by atoms with Crippen LogP contribution in [0.3, 0.4) is 0 Å². The monoisotopic (exact) mass is 386 g/mol. The quantitative estimate of drug-likeness (QED) is 0.785. The first-order valence-corrected chi connectivity index (χ1v) is 9.53. The molecular weight excluding hydrogens is 360 g/mol. The summed E-state index contributed by atoms with van der Waals surface area (Å²) in [6, 6.07) is 8.97. The molecule has 2 aromatic rings. The molecule has 1 aliphatic heterocycles. The Morgan fingerprint density at radius 2 is 2.00 bits per heavy atom. The molecule has 28 heavy (non-hydrogen) atoms. The number of carbonyl (C=O) groups excluding carboxylic acids is 2. The molecule has 2 amide bonds. The van der Waals surface area contributed by atoms with E-state index in [0.29, 0.717) is 55.7 Å². The highest BCUT2D eigenvalue weighted by molar-refractivity contribution is 5.94. The lowest BCUT2D eigenvalue weighted by Crippen LogP contribution is -2.50. The molecule has 1 fully saturated rings. The largest absolute Gasteiger partial charge is 0.494 e. The number of benzene rings is 1. The van der Waals surface area contributed by atoms with E-state index in [0.717, 1.165) is 6.42 Å². The van der Waals surface area contributed by atoms with Gasteiger partial charge in [0.1, 0.15) is 11.5 Å². The van der Waals surface area contributed by atoms with Gasteiger partial charge in [-0.15, -0.1) is 0 Å². The second-order valence-corrected chi connectivity index (χ2v) is 6.82. The Balaban J connectivity index is 1.48. The fourth-order valence-electron chi connectivity index (χ4n) is 3.04. The molecule has 1 aliphatic rings. The molecule has 1 N–H and O–H groups in total. The van der Waals surface area contributed by atoms with Gasteiger partial charge >= 0.3 is 0 Å². The summed E-state index contributed by atoms with van der Waals surface area (Å²) >= 11 is 0. The Morgan fingerprint density at radius 3 is 2.68 bits per heavy atom. The topological polar surface area (TPSA) is 87.9 Å². The van der Waals surface area contributed by atoms with Crippen LogP contribution < -0.4 is 10.1 Å². The summed E-state index contributed by atoms with van der Waals surface area (Å²) in [4.78, 5) is 28.7. The average Bonchev–Trinajstić information content (AvgIpc) is 3.11. The molecule has 0 unspecified atom stereocenters. The van der Waals surface area contributed by atoms with Crippen LogP contribution in [0.1, 0.15) is 29.5 Å². The SMILES string of the molecule is CCCOc1cccc(C(=O)N2CCN(CC(=O)Nc3cc(C)on3)CC2)c1. The summed E-state index contributed by atoms with van der Waals surface area (Å²) in [6.07, 6.45) is 0.921. The summed E-state index contributed by atoms with van der Waals surface area (Å²) < 4.78 is 10.5. The number of aryl methyl sites for hydroxylation is 1. The molecule has 0 spiro atoms. The van der Waals surface area contributed by atoms with E-state index >= 15 is 0 Å². The zero-order chi connectivity index (χ0) is 19.9. The number of nitrogens with zero attached hydrogens (tertiary/aromatic N) is 3. The minimum Gasteiger partial charge on any atom is -0.494 e. The van der Waals surface area contributed by atoms with Crippen LogP contribution in [-0.4, -0.2) is 66.1 Å². The maximum atomic E-state index is 12.8. The Kier molecular flexibility index (Phi) is 6.65. The van der Waals surface area contributed by atoms with Gasteiger partial charge in [0.2, 0.25) is 5.91 Å². The number of nitrogens with one attached hydrogen (secondary N) is 1. The summed E-state index contributed by atoms with van der Waals surface area (Å²) in [6.45, 7) is 7.14. The highest BCUT2D eigenvalue weighted by atomic mass is 16.5. The van der Waals surface area contributed by atoms with Crippen molar-refractivity contribution in [3.05, 3.63) is 41.7 Å². The Bertz CT molecular complexity index is 812. The lowest BCUT2D eigenvalue weighted by atomic mass is 10.1. The van der Waals surface area contributed by atoms with Crippen LogP contribution in [0.25, 0.3) is 0 Å². The molecule has 8 heteroatoms. The Labute approximate surface area is 164 Å². The van der Waals surface area contributed by atoms with Crippen LogP contribution in [0.2, 0.25) is 0 Å². The fourth-order valence-corrected chi connectivity index (χ4v) is 3.04. The Morgan fingerprint density at radius 1 is 1.21 bits per heavy atom. The predicted octanol–water partition coefficient (Wildman–Crippen LogP) is 2.17. The summed E-state index contributed by atoms with van der Waals surface area (Å²) in [7, 11) is 0. The van der Waals surface area contributed by atoms with Crippen LogP contribution in [0, 0.1) is 6.92 Å². The second kappa shape index (κ2) is 9.36. The van der Waals surface area contributed by atoms with Gasteiger partial charge in [-0.25, -0.2) is 0 Å². The fraction of sp³-hybridized carbons (Fsp3) is 0.450. The molecule has 0 atom stereocenters. The zero-order valence-electron chi connectivity index (χ0n) is 16.3. The van der Waals surface area contributed by atoms with E-state index in [-0.39, 0.29) is 18.4 Å².